The van der Waals surface area contributed by atoms with Crippen LogP contribution in [0.25, 0.3) is 17.0 Å². The summed E-state index contributed by atoms with van der Waals surface area (Å²) >= 11 is 0. The van der Waals surface area contributed by atoms with Gasteiger partial charge in [0, 0.05) is 37.7 Å². The van der Waals surface area contributed by atoms with E-state index in [0.717, 1.165) is 68.2 Å². The van der Waals surface area contributed by atoms with Crippen LogP contribution >= 0.6 is 0 Å². The summed E-state index contributed by atoms with van der Waals surface area (Å²) in [5, 5.41) is 16.5. The third-order valence-corrected chi connectivity index (χ3v) is 6.24. The van der Waals surface area contributed by atoms with Crippen molar-refractivity contribution in [2.45, 2.75) is 38.7 Å². The maximum atomic E-state index is 12.5. The van der Waals surface area contributed by atoms with Gasteiger partial charge in [0.2, 0.25) is 5.91 Å². The van der Waals surface area contributed by atoms with Crippen molar-refractivity contribution in [1.82, 2.24) is 25.1 Å². The van der Waals surface area contributed by atoms with Crippen molar-refractivity contribution < 1.29 is 9.53 Å². The summed E-state index contributed by atoms with van der Waals surface area (Å²) in [4.78, 5) is 14.8. The number of amides is 1. The predicted octanol–water partition coefficient (Wildman–Crippen LogP) is 2.61. The molecule has 0 spiro atoms. The average Bonchev–Trinajstić information content (AvgIpc) is 3.47. The molecule has 1 N–H and O–H groups in total. The first-order valence-electron chi connectivity index (χ1n) is 11.1. The van der Waals surface area contributed by atoms with Gasteiger partial charge < -0.3 is 15.0 Å². The monoisotopic (exact) mass is 420 g/mol. The van der Waals surface area contributed by atoms with E-state index in [4.69, 9.17) is 9.84 Å². The van der Waals surface area contributed by atoms with Gasteiger partial charge in [-0.15, -0.1) is 15.3 Å². The molecule has 5 rings (SSSR count). The number of aryl methyl sites for hydroxylation is 1. The molecule has 2 aliphatic rings. The third kappa shape index (κ3) is 4.25. The van der Waals surface area contributed by atoms with Crippen LogP contribution in [0.4, 0.5) is 5.82 Å². The topological polar surface area (TPSA) is 84.7 Å². The van der Waals surface area contributed by atoms with Gasteiger partial charge in [-0.1, -0.05) is 23.8 Å². The van der Waals surface area contributed by atoms with Gasteiger partial charge in [-0.05, 0) is 50.8 Å². The Morgan fingerprint density at radius 3 is 2.81 bits per heavy atom. The number of piperidine rings is 1. The van der Waals surface area contributed by atoms with Crippen LogP contribution in [0.15, 0.2) is 36.4 Å². The van der Waals surface area contributed by atoms with Crippen molar-refractivity contribution in [3.05, 3.63) is 42.0 Å². The molecule has 2 saturated heterocycles. The molecule has 0 saturated carbocycles. The summed E-state index contributed by atoms with van der Waals surface area (Å²) in [5.74, 6) is 1.83. The zero-order valence-electron chi connectivity index (χ0n) is 17.8. The Balaban J connectivity index is 1.25. The van der Waals surface area contributed by atoms with Crippen molar-refractivity contribution in [2.75, 3.05) is 31.1 Å². The number of carbonyl (C=O) groups is 1. The largest absolute Gasteiger partial charge is 0.376 e. The molecule has 8 heteroatoms. The minimum Gasteiger partial charge on any atom is -0.376 e. The summed E-state index contributed by atoms with van der Waals surface area (Å²) in [6, 6.07) is 12.1. The molecule has 8 nitrogen and oxygen atoms in total. The molecule has 1 atom stereocenters. The maximum absolute atomic E-state index is 12.5. The SMILES string of the molecule is Cc1cccc(-c2nnc3ccc(N4CCC(C(=O)NCC5CCCO5)CC4)nn23)c1. The molecule has 1 unspecified atom stereocenters. The molecule has 1 amide bonds. The highest BCUT2D eigenvalue weighted by molar-refractivity contribution is 5.79. The van der Waals surface area contributed by atoms with Gasteiger partial charge in [-0.2, -0.15) is 4.52 Å². The number of hydrogen-bond acceptors (Lipinski definition) is 6. The van der Waals surface area contributed by atoms with Crippen LogP contribution in [0.2, 0.25) is 0 Å². The number of ether oxygens (including phenoxy) is 1. The number of hydrogen-bond donors (Lipinski definition) is 1. The van der Waals surface area contributed by atoms with E-state index in [1.54, 1.807) is 0 Å². The van der Waals surface area contributed by atoms with Gasteiger partial charge in [-0.25, -0.2) is 0 Å². The van der Waals surface area contributed by atoms with Crippen LogP contribution in [-0.4, -0.2) is 58.1 Å². The van der Waals surface area contributed by atoms with Gasteiger partial charge in [-0.3, -0.25) is 4.79 Å². The first-order chi connectivity index (χ1) is 15.2. The molecule has 1 aromatic carbocycles. The van der Waals surface area contributed by atoms with Gasteiger partial charge in [0.1, 0.15) is 5.82 Å². The second kappa shape index (κ2) is 8.63. The van der Waals surface area contributed by atoms with E-state index in [-0.39, 0.29) is 17.9 Å². The molecule has 4 heterocycles. The lowest BCUT2D eigenvalue weighted by atomic mass is 9.96. The highest BCUT2D eigenvalue weighted by atomic mass is 16.5. The Labute approximate surface area is 181 Å². The first-order valence-corrected chi connectivity index (χ1v) is 11.1. The molecule has 2 aliphatic heterocycles. The minimum atomic E-state index is 0.0548. The van der Waals surface area contributed by atoms with Crippen LogP contribution in [-0.2, 0) is 9.53 Å². The molecule has 3 aromatic rings. The fourth-order valence-electron chi connectivity index (χ4n) is 4.45. The first kappa shape index (κ1) is 19.9. The van der Waals surface area contributed by atoms with E-state index < -0.39 is 0 Å². The summed E-state index contributed by atoms with van der Waals surface area (Å²) in [7, 11) is 0. The Kier molecular flexibility index (Phi) is 5.55. The number of rotatable bonds is 5. The Morgan fingerprint density at radius 2 is 2.03 bits per heavy atom. The van der Waals surface area contributed by atoms with E-state index in [1.807, 2.05) is 28.8 Å². The molecule has 162 valence electrons. The molecule has 0 bridgehead atoms. The lowest BCUT2D eigenvalue weighted by Gasteiger charge is -2.32. The number of anilines is 1. The van der Waals surface area contributed by atoms with Crippen molar-refractivity contribution in [1.29, 1.82) is 0 Å². The molecule has 0 radical (unpaired) electrons. The Hall–Kier alpha value is -3.00. The lowest BCUT2D eigenvalue weighted by molar-refractivity contribution is -0.126. The number of fused-ring (bicyclic) bond motifs is 1. The van der Waals surface area contributed by atoms with E-state index in [2.05, 4.69) is 39.5 Å². The van der Waals surface area contributed by atoms with Gasteiger partial charge in [0.25, 0.3) is 0 Å². The van der Waals surface area contributed by atoms with Crippen LogP contribution < -0.4 is 10.2 Å². The maximum Gasteiger partial charge on any atom is 0.223 e. The average molecular weight is 421 g/mol. The number of carbonyl (C=O) groups excluding carboxylic acids is 1. The molecule has 31 heavy (non-hydrogen) atoms. The Bertz CT molecular complexity index is 1070. The van der Waals surface area contributed by atoms with E-state index >= 15 is 0 Å². The highest BCUT2D eigenvalue weighted by Crippen LogP contribution is 2.24. The van der Waals surface area contributed by atoms with Crippen molar-refractivity contribution in [2.24, 2.45) is 5.92 Å². The van der Waals surface area contributed by atoms with Gasteiger partial charge in [0.05, 0.1) is 6.10 Å². The predicted molar refractivity (Wildman–Crippen MR) is 118 cm³/mol. The van der Waals surface area contributed by atoms with Crippen LogP contribution in [0.5, 0.6) is 0 Å². The highest BCUT2D eigenvalue weighted by Gasteiger charge is 2.27. The van der Waals surface area contributed by atoms with E-state index in [1.165, 1.54) is 5.56 Å². The fourth-order valence-corrected chi connectivity index (χ4v) is 4.45. The fraction of sp³-hybridized carbons (Fsp3) is 0.478. The number of benzene rings is 1. The standard InChI is InChI=1S/C23H28N6O2/c1-16-4-2-5-18(14-16)22-26-25-20-7-8-21(27-29(20)22)28-11-9-17(10-12-28)23(30)24-15-19-6-3-13-31-19/h2,4-5,7-8,14,17,19H,3,6,9-13,15H2,1H3,(H,24,30). The zero-order chi connectivity index (χ0) is 21.2. The molecular weight excluding hydrogens is 392 g/mol. The van der Waals surface area contributed by atoms with Crippen LogP contribution in [0, 0.1) is 12.8 Å². The third-order valence-electron chi connectivity index (χ3n) is 6.24. The van der Waals surface area contributed by atoms with Crippen molar-refractivity contribution >= 4 is 17.4 Å². The molecular formula is C23H28N6O2. The summed E-state index contributed by atoms with van der Waals surface area (Å²) < 4.78 is 7.41. The van der Waals surface area contributed by atoms with Gasteiger partial charge in [0.15, 0.2) is 11.5 Å². The van der Waals surface area contributed by atoms with E-state index in [0.29, 0.717) is 6.54 Å². The lowest BCUT2D eigenvalue weighted by Crippen LogP contribution is -2.42. The van der Waals surface area contributed by atoms with E-state index in [9.17, 15) is 4.79 Å². The smallest absolute Gasteiger partial charge is 0.223 e. The minimum absolute atomic E-state index is 0.0548. The summed E-state index contributed by atoms with van der Waals surface area (Å²) in [5.41, 5.74) is 2.90. The van der Waals surface area contributed by atoms with Crippen LogP contribution in [0.3, 0.4) is 0 Å². The van der Waals surface area contributed by atoms with Crippen LogP contribution in [0.1, 0.15) is 31.2 Å². The number of nitrogens with zero attached hydrogens (tertiary/aromatic N) is 5. The van der Waals surface area contributed by atoms with Crippen molar-refractivity contribution in [3.8, 4) is 11.4 Å². The molecule has 2 aromatic heterocycles. The second-order valence-electron chi connectivity index (χ2n) is 8.50. The molecule has 0 aliphatic carbocycles. The second-order valence-corrected chi connectivity index (χ2v) is 8.50. The van der Waals surface area contributed by atoms with Crippen molar-refractivity contribution in [3.63, 3.8) is 0 Å². The Morgan fingerprint density at radius 1 is 1.16 bits per heavy atom. The summed E-state index contributed by atoms with van der Waals surface area (Å²) in [6.45, 7) is 5.12. The molecule has 2 fully saturated rings. The summed E-state index contributed by atoms with van der Waals surface area (Å²) in [6.07, 6.45) is 3.97. The zero-order valence-corrected chi connectivity index (χ0v) is 17.8. The normalized spacial score (nSPS) is 19.8. The quantitative estimate of drug-likeness (QED) is 0.683. The van der Waals surface area contributed by atoms with Gasteiger partial charge >= 0.3 is 0 Å². The number of aromatic nitrogens is 4. The number of nitrogens with one attached hydrogen (secondary N) is 1.